The van der Waals surface area contributed by atoms with Crippen LogP contribution in [-0.2, 0) is 4.74 Å². The summed E-state index contributed by atoms with van der Waals surface area (Å²) in [6.45, 7) is 4.41. The molecular weight excluding hydrogens is 306 g/mol. The van der Waals surface area contributed by atoms with Gasteiger partial charge in [-0.25, -0.2) is 0 Å². The Labute approximate surface area is 134 Å². The molecule has 3 N–H and O–H groups in total. The molecule has 1 fully saturated rings. The summed E-state index contributed by atoms with van der Waals surface area (Å²) < 4.78 is 5.16. The normalized spacial score (nSPS) is 14.2. The average molecular weight is 329 g/mol. The lowest BCUT2D eigenvalue weighted by Gasteiger charge is -2.22. The summed E-state index contributed by atoms with van der Waals surface area (Å²) in [6.07, 6.45) is 4.15. The number of carbonyl (C=O) groups excluding carboxylic acids is 1. The van der Waals surface area contributed by atoms with Gasteiger partial charge in [0.15, 0.2) is 0 Å². The molecule has 0 radical (unpaired) electrons. The molecule has 1 amide bonds. The Morgan fingerprint density at radius 2 is 2.29 bits per heavy atom. The lowest BCUT2D eigenvalue weighted by molar-refractivity contribution is 0.0956. The third-order valence-corrected chi connectivity index (χ3v) is 5.66. The predicted octanol–water partition coefficient (Wildman–Crippen LogP) is 2.42. The van der Waals surface area contributed by atoms with Crippen LogP contribution in [0.1, 0.15) is 29.4 Å². The summed E-state index contributed by atoms with van der Waals surface area (Å²) in [5.41, 5.74) is 6.81. The molecular formula is C14H23N3O2S2. The van der Waals surface area contributed by atoms with Gasteiger partial charge in [0.2, 0.25) is 0 Å². The number of ether oxygens (including phenoxy) is 1. The molecule has 7 heteroatoms. The Hall–Kier alpha value is -0.920. The van der Waals surface area contributed by atoms with E-state index in [1.165, 1.54) is 11.3 Å². The Bertz CT molecular complexity index is 501. The highest BCUT2D eigenvalue weighted by molar-refractivity contribution is 7.99. The molecule has 0 saturated heterocycles. The zero-order valence-electron chi connectivity index (χ0n) is 12.8. The van der Waals surface area contributed by atoms with E-state index in [0.29, 0.717) is 23.2 Å². The van der Waals surface area contributed by atoms with Gasteiger partial charge in [-0.15, -0.1) is 23.1 Å². The van der Waals surface area contributed by atoms with Crippen LogP contribution in [0, 0.1) is 0 Å². The largest absolute Gasteiger partial charge is 0.396 e. The molecule has 118 valence electrons. The maximum atomic E-state index is 12.3. The van der Waals surface area contributed by atoms with E-state index in [9.17, 15) is 4.79 Å². The molecule has 1 aromatic heterocycles. The molecule has 0 atom stereocenters. The topological polar surface area (TPSA) is 67.6 Å². The fourth-order valence-electron chi connectivity index (χ4n) is 2.07. The lowest BCUT2D eigenvalue weighted by atomic mass is 10.3. The van der Waals surface area contributed by atoms with Crippen LogP contribution in [0.5, 0.6) is 0 Å². The van der Waals surface area contributed by atoms with Crippen LogP contribution in [-0.4, -0.2) is 45.0 Å². The van der Waals surface area contributed by atoms with Gasteiger partial charge in [-0.05, 0) is 26.0 Å². The van der Waals surface area contributed by atoms with E-state index in [4.69, 9.17) is 10.5 Å². The molecule has 1 saturated carbocycles. The number of hydrogen-bond donors (Lipinski definition) is 2. The number of thiophene rings is 1. The van der Waals surface area contributed by atoms with E-state index >= 15 is 0 Å². The van der Waals surface area contributed by atoms with Gasteiger partial charge in [0, 0.05) is 26.2 Å². The lowest BCUT2D eigenvalue weighted by Crippen LogP contribution is -2.26. The average Bonchev–Trinajstić information content (AvgIpc) is 3.22. The molecule has 0 bridgehead atoms. The first kappa shape index (κ1) is 16.5. The van der Waals surface area contributed by atoms with E-state index in [0.717, 1.165) is 35.8 Å². The Kier molecular flexibility index (Phi) is 5.78. The second-order valence-electron chi connectivity index (χ2n) is 5.00. The first-order valence-corrected chi connectivity index (χ1v) is 9.17. The van der Waals surface area contributed by atoms with E-state index in [1.54, 1.807) is 18.9 Å². The van der Waals surface area contributed by atoms with E-state index < -0.39 is 0 Å². The van der Waals surface area contributed by atoms with Crippen molar-refractivity contribution >= 4 is 39.7 Å². The van der Waals surface area contributed by atoms with E-state index in [-0.39, 0.29) is 5.91 Å². The number of hydrogen-bond acceptors (Lipinski definition) is 6. The zero-order chi connectivity index (χ0) is 15.4. The minimum atomic E-state index is -0.0376. The molecule has 1 aliphatic carbocycles. The second kappa shape index (κ2) is 7.38. The van der Waals surface area contributed by atoms with Crippen molar-refractivity contribution in [2.24, 2.45) is 0 Å². The molecule has 1 aromatic rings. The number of amides is 1. The maximum absolute atomic E-state index is 12.3. The first-order valence-electron chi connectivity index (χ1n) is 7.13. The van der Waals surface area contributed by atoms with E-state index in [1.807, 2.05) is 6.26 Å². The van der Waals surface area contributed by atoms with Crippen LogP contribution in [0.4, 0.5) is 10.7 Å². The van der Waals surface area contributed by atoms with Crippen molar-refractivity contribution in [1.29, 1.82) is 0 Å². The van der Waals surface area contributed by atoms with Crippen LogP contribution in [0.3, 0.4) is 0 Å². The first-order chi connectivity index (χ1) is 10.1. The molecule has 0 unspecified atom stereocenters. The number of nitrogens with zero attached hydrogens (tertiary/aromatic N) is 1. The van der Waals surface area contributed by atoms with Crippen molar-refractivity contribution in [3.8, 4) is 0 Å². The number of nitrogens with one attached hydrogen (secondary N) is 1. The summed E-state index contributed by atoms with van der Waals surface area (Å²) >= 11 is 3.08. The Morgan fingerprint density at radius 1 is 1.57 bits per heavy atom. The van der Waals surface area contributed by atoms with Crippen LogP contribution >= 0.6 is 23.1 Å². The van der Waals surface area contributed by atoms with Crippen molar-refractivity contribution in [3.05, 3.63) is 4.88 Å². The summed E-state index contributed by atoms with van der Waals surface area (Å²) in [5.74, 6) is -0.0376. The fourth-order valence-corrected chi connectivity index (χ4v) is 4.25. The molecule has 0 aromatic carbocycles. The van der Waals surface area contributed by atoms with Crippen molar-refractivity contribution in [2.75, 3.05) is 43.7 Å². The number of anilines is 2. The van der Waals surface area contributed by atoms with E-state index in [2.05, 4.69) is 17.1 Å². The third kappa shape index (κ3) is 3.84. The van der Waals surface area contributed by atoms with Gasteiger partial charge in [0.25, 0.3) is 5.91 Å². The highest BCUT2D eigenvalue weighted by atomic mass is 32.2. The number of likely N-dealkylation sites (N-methyl/N-ethyl adjacent to an activating group) is 1. The number of nitrogens with two attached hydrogens (primary N) is 1. The highest BCUT2D eigenvalue weighted by Crippen LogP contribution is 2.43. The van der Waals surface area contributed by atoms with Gasteiger partial charge in [-0.2, -0.15) is 0 Å². The van der Waals surface area contributed by atoms with Crippen molar-refractivity contribution < 1.29 is 9.53 Å². The summed E-state index contributed by atoms with van der Waals surface area (Å²) in [4.78, 5) is 16.1. The molecule has 1 aliphatic rings. The van der Waals surface area contributed by atoms with Crippen LogP contribution < -0.4 is 16.0 Å². The Balaban J connectivity index is 2.24. The standard InChI is InChI=1S/C14H23N3O2S2/c1-4-17(7-8-19-2)14-12(20-3)10(15)11(21-14)13(18)16-9-5-6-9/h9H,4-8,15H2,1-3H3,(H,16,18). The minimum Gasteiger partial charge on any atom is -0.396 e. The second-order valence-corrected chi connectivity index (χ2v) is 6.82. The minimum absolute atomic E-state index is 0.0376. The SMILES string of the molecule is CCN(CCOC)c1sc(C(=O)NC2CC2)c(N)c1SC. The fraction of sp³-hybridized carbons (Fsp3) is 0.643. The van der Waals surface area contributed by atoms with Gasteiger partial charge in [0.1, 0.15) is 9.88 Å². The van der Waals surface area contributed by atoms with Crippen LogP contribution in [0.15, 0.2) is 4.90 Å². The van der Waals surface area contributed by atoms with Gasteiger partial charge >= 0.3 is 0 Å². The number of methoxy groups -OCH3 is 1. The maximum Gasteiger partial charge on any atom is 0.263 e. The van der Waals surface area contributed by atoms with Crippen molar-refractivity contribution in [3.63, 3.8) is 0 Å². The van der Waals surface area contributed by atoms with Crippen molar-refractivity contribution in [1.82, 2.24) is 5.32 Å². The summed E-state index contributed by atoms with van der Waals surface area (Å²) in [7, 11) is 1.70. The summed E-state index contributed by atoms with van der Waals surface area (Å²) in [6, 6.07) is 0.343. The summed E-state index contributed by atoms with van der Waals surface area (Å²) in [5, 5.41) is 4.08. The number of nitrogen functional groups attached to an aromatic ring is 1. The van der Waals surface area contributed by atoms with Crippen LogP contribution in [0.2, 0.25) is 0 Å². The van der Waals surface area contributed by atoms with Crippen LogP contribution in [0.25, 0.3) is 0 Å². The third-order valence-electron chi connectivity index (χ3n) is 3.44. The smallest absolute Gasteiger partial charge is 0.263 e. The molecule has 21 heavy (non-hydrogen) atoms. The van der Waals surface area contributed by atoms with Gasteiger partial charge < -0.3 is 20.7 Å². The molecule has 1 heterocycles. The molecule has 0 spiro atoms. The van der Waals surface area contributed by atoms with Gasteiger partial charge in [-0.3, -0.25) is 4.79 Å². The highest BCUT2D eigenvalue weighted by Gasteiger charge is 2.28. The molecule has 2 rings (SSSR count). The zero-order valence-corrected chi connectivity index (χ0v) is 14.4. The molecule has 5 nitrogen and oxygen atoms in total. The quantitative estimate of drug-likeness (QED) is 0.717. The van der Waals surface area contributed by atoms with Gasteiger partial charge in [0.05, 0.1) is 17.2 Å². The predicted molar refractivity (Wildman–Crippen MR) is 90.8 cm³/mol. The number of rotatable bonds is 8. The monoisotopic (exact) mass is 329 g/mol. The molecule has 0 aliphatic heterocycles. The number of carbonyl (C=O) groups is 1. The Morgan fingerprint density at radius 3 is 2.81 bits per heavy atom. The number of thioether (sulfide) groups is 1. The van der Waals surface area contributed by atoms with Crippen molar-refractivity contribution in [2.45, 2.75) is 30.7 Å². The van der Waals surface area contributed by atoms with Gasteiger partial charge in [-0.1, -0.05) is 0 Å².